The molecule has 0 aliphatic carbocycles. The minimum Gasteiger partial charge on any atom is -0.478 e. The minimum atomic E-state index is -1.21. The fraction of sp³-hybridized carbons (Fsp3) is 0.385. The van der Waals surface area contributed by atoms with E-state index >= 15 is 0 Å². The van der Waals surface area contributed by atoms with E-state index in [1.165, 1.54) is 24.7 Å². The molecular formula is C13H15N3O4. The zero-order valence-electron chi connectivity index (χ0n) is 11.7. The van der Waals surface area contributed by atoms with Crippen LogP contribution in [0.3, 0.4) is 0 Å². The van der Waals surface area contributed by atoms with Gasteiger partial charge < -0.3 is 5.11 Å². The monoisotopic (exact) mass is 277 g/mol. The summed E-state index contributed by atoms with van der Waals surface area (Å²) in [4.78, 5) is 39.7. The van der Waals surface area contributed by atoms with Crippen molar-refractivity contribution in [3.05, 3.63) is 38.2 Å². The Morgan fingerprint density at radius 3 is 2.35 bits per heavy atom. The maximum absolute atomic E-state index is 12.2. The summed E-state index contributed by atoms with van der Waals surface area (Å²) in [7, 11) is 2.78. The topological polar surface area (TPSA) is 94.2 Å². The van der Waals surface area contributed by atoms with Crippen LogP contribution in [0.4, 0.5) is 0 Å². The first-order valence-corrected chi connectivity index (χ1v) is 6.09. The Morgan fingerprint density at radius 2 is 1.85 bits per heavy atom. The Labute approximate surface area is 114 Å². The van der Waals surface area contributed by atoms with Crippen LogP contribution in [-0.2, 0) is 14.1 Å². The van der Waals surface area contributed by atoms with Crippen LogP contribution in [0.5, 0.6) is 0 Å². The van der Waals surface area contributed by atoms with Crippen molar-refractivity contribution < 1.29 is 9.90 Å². The molecule has 2 aromatic rings. The van der Waals surface area contributed by atoms with Crippen LogP contribution in [0.15, 0.2) is 15.7 Å². The molecular weight excluding hydrogens is 262 g/mol. The highest BCUT2D eigenvalue weighted by molar-refractivity contribution is 6.01. The number of hydrogen-bond acceptors (Lipinski definition) is 4. The number of nitrogens with zero attached hydrogens (tertiary/aromatic N) is 3. The van der Waals surface area contributed by atoms with Gasteiger partial charge in [0.2, 0.25) is 0 Å². The first-order chi connectivity index (χ1) is 9.25. The van der Waals surface area contributed by atoms with Gasteiger partial charge in [0.1, 0.15) is 5.65 Å². The van der Waals surface area contributed by atoms with Crippen LogP contribution in [0.2, 0.25) is 0 Å². The normalized spacial score (nSPS) is 11.2. The average Bonchev–Trinajstić information content (AvgIpc) is 2.41. The number of hydrogen-bond donors (Lipinski definition) is 1. The Morgan fingerprint density at radius 1 is 1.25 bits per heavy atom. The number of carboxylic acid groups (broad SMARTS) is 1. The van der Waals surface area contributed by atoms with E-state index in [-0.39, 0.29) is 22.5 Å². The quantitative estimate of drug-likeness (QED) is 0.860. The lowest BCUT2D eigenvalue weighted by molar-refractivity contribution is 0.0698. The van der Waals surface area contributed by atoms with Gasteiger partial charge in [-0.3, -0.25) is 13.9 Å². The standard InChI is InChI=1S/C13H15N3O4/c1-6(2)8-5-7(12(18)19)9-10(14-8)15(3)13(20)16(4)11(9)17/h5-6H,1-4H3,(H,18,19). The molecule has 7 nitrogen and oxygen atoms in total. The predicted molar refractivity (Wildman–Crippen MR) is 73.3 cm³/mol. The number of aromatic carboxylic acids is 1. The Bertz CT molecular complexity index is 830. The van der Waals surface area contributed by atoms with Gasteiger partial charge in [0.15, 0.2) is 0 Å². The summed E-state index contributed by atoms with van der Waals surface area (Å²) in [5, 5.41) is 9.25. The van der Waals surface area contributed by atoms with Gasteiger partial charge in [0, 0.05) is 19.8 Å². The molecule has 0 bridgehead atoms. The first-order valence-electron chi connectivity index (χ1n) is 6.09. The highest BCUT2D eigenvalue weighted by atomic mass is 16.4. The number of fused-ring (bicyclic) bond motifs is 1. The highest BCUT2D eigenvalue weighted by Crippen LogP contribution is 2.19. The molecule has 106 valence electrons. The minimum absolute atomic E-state index is 0.0170. The third kappa shape index (κ3) is 1.91. The Kier molecular flexibility index (Phi) is 3.21. The SMILES string of the molecule is CC(C)c1cc(C(=O)O)c2c(=O)n(C)c(=O)n(C)c2n1. The van der Waals surface area contributed by atoms with Crippen LogP contribution in [0.1, 0.15) is 35.8 Å². The summed E-state index contributed by atoms with van der Waals surface area (Å²) in [6, 6.07) is 1.39. The maximum Gasteiger partial charge on any atom is 0.336 e. The molecule has 0 fully saturated rings. The van der Waals surface area contributed by atoms with Gasteiger partial charge >= 0.3 is 11.7 Å². The molecule has 2 aromatic heterocycles. The zero-order valence-corrected chi connectivity index (χ0v) is 11.7. The van der Waals surface area contributed by atoms with Crippen LogP contribution in [-0.4, -0.2) is 25.2 Å². The first kappa shape index (κ1) is 14.0. The highest BCUT2D eigenvalue weighted by Gasteiger charge is 2.20. The Hall–Kier alpha value is -2.44. The number of carbonyl (C=O) groups is 1. The molecule has 0 unspecified atom stereocenters. The molecule has 0 aromatic carbocycles. The summed E-state index contributed by atoms with van der Waals surface area (Å²) in [6.45, 7) is 3.72. The summed E-state index contributed by atoms with van der Waals surface area (Å²) in [6.07, 6.45) is 0. The van der Waals surface area contributed by atoms with Crippen molar-refractivity contribution in [1.82, 2.24) is 14.1 Å². The lowest BCUT2D eigenvalue weighted by atomic mass is 10.1. The third-order valence-corrected chi connectivity index (χ3v) is 3.25. The van der Waals surface area contributed by atoms with Crippen LogP contribution < -0.4 is 11.2 Å². The van der Waals surface area contributed by atoms with Crippen molar-refractivity contribution in [3.63, 3.8) is 0 Å². The molecule has 0 atom stereocenters. The molecule has 0 spiro atoms. The zero-order chi connectivity index (χ0) is 15.2. The number of pyridine rings is 1. The van der Waals surface area contributed by atoms with Crippen molar-refractivity contribution in [1.29, 1.82) is 0 Å². The summed E-state index contributed by atoms with van der Waals surface area (Å²) >= 11 is 0. The van der Waals surface area contributed by atoms with Gasteiger partial charge in [-0.25, -0.2) is 14.6 Å². The van der Waals surface area contributed by atoms with E-state index < -0.39 is 17.2 Å². The largest absolute Gasteiger partial charge is 0.478 e. The fourth-order valence-corrected chi connectivity index (χ4v) is 2.04. The van der Waals surface area contributed by atoms with Gasteiger partial charge in [0.05, 0.1) is 10.9 Å². The van der Waals surface area contributed by atoms with Gasteiger partial charge in [-0.2, -0.15) is 0 Å². The molecule has 7 heteroatoms. The average molecular weight is 277 g/mol. The lowest BCUT2D eigenvalue weighted by Crippen LogP contribution is -2.38. The van der Waals surface area contributed by atoms with Crippen LogP contribution in [0.25, 0.3) is 11.0 Å². The lowest BCUT2D eigenvalue weighted by Gasteiger charge is -2.12. The third-order valence-electron chi connectivity index (χ3n) is 3.25. The van der Waals surface area contributed by atoms with Crippen molar-refractivity contribution in [2.24, 2.45) is 14.1 Å². The summed E-state index contributed by atoms with van der Waals surface area (Å²) in [5.41, 5.74) is -0.690. The van der Waals surface area contributed by atoms with E-state index in [1.807, 2.05) is 13.8 Å². The molecule has 0 aliphatic rings. The van der Waals surface area contributed by atoms with Gasteiger partial charge in [-0.15, -0.1) is 0 Å². The smallest absolute Gasteiger partial charge is 0.336 e. The fourth-order valence-electron chi connectivity index (χ4n) is 2.04. The van der Waals surface area contributed by atoms with Crippen molar-refractivity contribution in [2.45, 2.75) is 19.8 Å². The van der Waals surface area contributed by atoms with Crippen molar-refractivity contribution >= 4 is 17.0 Å². The van der Waals surface area contributed by atoms with Crippen LogP contribution in [0, 0.1) is 0 Å². The van der Waals surface area contributed by atoms with Crippen molar-refractivity contribution in [3.8, 4) is 0 Å². The second kappa shape index (κ2) is 4.59. The molecule has 0 aliphatic heterocycles. The van der Waals surface area contributed by atoms with E-state index in [0.717, 1.165) is 4.57 Å². The molecule has 20 heavy (non-hydrogen) atoms. The molecule has 0 amide bonds. The molecule has 1 N–H and O–H groups in total. The Balaban J connectivity index is 3.14. The summed E-state index contributed by atoms with van der Waals surface area (Å²) in [5.74, 6) is -1.23. The predicted octanol–water partition coefficient (Wildman–Crippen LogP) is 0.454. The molecule has 0 saturated carbocycles. The molecule has 0 radical (unpaired) electrons. The van der Waals surface area contributed by atoms with E-state index in [1.54, 1.807) is 0 Å². The van der Waals surface area contributed by atoms with Crippen LogP contribution >= 0.6 is 0 Å². The second-order valence-corrected chi connectivity index (χ2v) is 4.96. The molecule has 0 saturated heterocycles. The van der Waals surface area contributed by atoms with E-state index in [9.17, 15) is 19.5 Å². The number of rotatable bonds is 2. The summed E-state index contributed by atoms with van der Waals surface area (Å²) < 4.78 is 2.07. The van der Waals surface area contributed by atoms with E-state index in [2.05, 4.69) is 4.98 Å². The number of carboxylic acids is 1. The molecule has 2 rings (SSSR count). The van der Waals surface area contributed by atoms with E-state index in [4.69, 9.17) is 0 Å². The second-order valence-electron chi connectivity index (χ2n) is 4.96. The number of aryl methyl sites for hydroxylation is 1. The van der Waals surface area contributed by atoms with Gasteiger partial charge in [-0.1, -0.05) is 13.8 Å². The van der Waals surface area contributed by atoms with Crippen molar-refractivity contribution in [2.75, 3.05) is 0 Å². The van der Waals surface area contributed by atoms with Gasteiger partial charge in [0.25, 0.3) is 5.56 Å². The van der Waals surface area contributed by atoms with Gasteiger partial charge in [-0.05, 0) is 12.0 Å². The van der Waals surface area contributed by atoms with E-state index in [0.29, 0.717) is 5.69 Å². The number of aromatic nitrogens is 3. The maximum atomic E-state index is 12.2. The molecule has 2 heterocycles.